The van der Waals surface area contributed by atoms with Crippen molar-refractivity contribution in [3.63, 3.8) is 0 Å². The lowest BCUT2D eigenvalue weighted by atomic mass is 9.72. The Balaban J connectivity index is 2.02. The van der Waals surface area contributed by atoms with Gasteiger partial charge < -0.3 is 9.84 Å². The monoisotopic (exact) mass is 436 g/mol. The Morgan fingerprint density at radius 2 is 1.31 bits per heavy atom. The van der Waals surface area contributed by atoms with Gasteiger partial charge >= 0.3 is 11.9 Å². The van der Waals surface area contributed by atoms with E-state index in [0.29, 0.717) is 11.1 Å². The molecule has 0 saturated carbocycles. The molecule has 0 aliphatic heterocycles. The van der Waals surface area contributed by atoms with E-state index in [9.17, 15) is 14.7 Å². The van der Waals surface area contributed by atoms with E-state index < -0.39 is 17.4 Å². The Morgan fingerprint density at radius 3 is 1.81 bits per heavy atom. The summed E-state index contributed by atoms with van der Waals surface area (Å²) in [6, 6.07) is 18.0. The molecule has 0 fully saturated rings. The number of hydrogen-bond acceptors (Lipinski definition) is 3. The molecule has 0 radical (unpaired) electrons. The third-order valence-electron chi connectivity index (χ3n) is 5.79. The number of carbonyl (C=O) groups is 2. The lowest BCUT2D eigenvalue weighted by Crippen LogP contribution is -2.40. The topological polar surface area (TPSA) is 63.6 Å². The fourth-order valence-corrected chi connectivity index (χ4v) is 4.03. The van der Waals surface area contributed by atoms with Crippen molar-refractivity contribution in [2.24, 2.45) is 0 Å². The molecule has 4 heteroatoms. The van der Waals surface area contributed by atoms with E-state index in [1.807, 2.05) is 18.2 Å². The molecule has 32 heavy (non-hydrogen) atoms. The van der Waals surface area contributed by atoms with Gasteiger partial charge in [-0.2, -0.15) is 0 Å². The van der Waals surface area contributed by atoms with Crippen LogP contribution >= 0.6 is 0 Å². The normalized spacial score (nSPS) is 11.5. The van der Waals surface area contributed by atoms with Gasteiger partial charge in [0, 0.05) is 0 Å². The Morgan fingerprint density at radius 1 is 0.812 bits per heavy atom. The highest BCUT2D eigenvalue weighted by Gasteiger charge is 2.45. The van der Waals surface area contributed by atoms with Crippen molar-refractivity contribution in [2.45, 2.75) is 76.5 Å². The van der Waals surface area contributed by atoms with Crippen molar-refractivity contribution in [1.29, 1.82) is 0 Å². The molecular formula is C28H36O4. The number of allylic oxidation sites excluding steroid dienone is 1. The molecule has 2 aromatic carbocycles. The molecular weight excluding hydrogens is 400 g/mol. The highest BCUT2D eigenvalue weighted by molar-refractivity contribution is 5.92. The number of aliphatic carboxylic acids is 1. The van der Waals surface area contributed by atoms with E-state index >= 15 is 0 Å². The van der Waals surface area contributed by atoms with Crippen molar-refractivity contribution >= 4 is 11.9 Å². The van der Waals surface area contributed by atoms with Gasteiger partial charge in [-0.15, -0.1) is 0 Å². The zero-order chi connectivity index (χ0) is 23.1. The number of unbranched alkanes of at least 4 members (excludes halogenated alkanes) is 8. The van der Waals surface area contributed by atoms with Crippen molar-refractivity contribution in [3.8, 4) is 0 Å². The van der Waals surface area contributed by atoms with Crippen LogP contribution in [0.4, 0.5) is 0 Å². The van der Waals surface area contributed by atoms with Crippen LogP contribution in [0, 0.1) is 0 Å². The average Bonchev–Trinajstić information content (AvgIpc) is 2.82. The smallest absolute Gasteiger partial charge is 0.326 e. The second-order valence-corrected chi connectivity index (χ2v) is 8.25. The number of hydrogen-bond donors (Lipinski definition) is 1. The third kappa shape index (κ3) is 7.67. The van der Waals surface area contributed by atoms with E-state index in [1.165, 1.54) is 51.2 Å². The van der Waals surface area contributed by atoms with Gasteiger partial charge in [0.2, 0.25) is 0 Å². The van der Waals surface area contributed by atoms with Crippen LogP contribution < -0.4 is 0 Å². The molecule has 0 unspecified atom stereocenters. The number of carboxylic acids is 1. The third-order valence-corrected chi connectivity index (χ3v) is 5.79. The fraction of sp³-hybridized carbons (Fsp3) is 0.429. The minimum atomic E-state index is -1.41. The van der Waals surface area contributed by atoms with Crippen LogP contribution in [0.1, 0.15) is 82.3 Å². The average molecular weight is 437 g/mol. The summed E-state index contributed by atoms with van der Waals surface area (Å²) in [4.78, 5) is 25.1. The fourth-order valence-electron chi connectivity index (χ4n) is 4.03. The summed E-state index contributed by atoms with van der Waals surface area (Å²) in [6.45, 7) is 2.23. The molecule has 172 valence electrons. The van der Waals surface area contributed by atoms with Crippen LogP contribution in [0.3, 0.4) is 0 Å². The highest BCUT2D eigenvalue weighted by atomic mass is 16.5. The largest absolute Gasteiger partial charge is 0.481 e. The van der Waals surface area contributed by atoms with Crippen molar-refractivity contribution in [3.05, 3.63) is 84.1 Å². The molecule has 0 aliphatic rings. The number of esters is 1. The van der Waals surface area contributed by atoms with Crippen molar-refractivity contribution < 1.29 is 19.4 Å². The van der Waals surface area contributed by atoms with Gasteiger partial charge in [-0.05, 0) is 30.0 Å². The Bertz CT molecular complexity index is 788. The molecule has 0 spiro atoms. The molecule has 2 aromatic rings. The van der Waals surface area contributed by atoms with Gasteiger partial charge in [0.05, 0.1) is 12.7 Å². The molecule has 2 rings (SSSR count). The number of carboxylic acid groups (broad SMARTS) is 1. The Labute approximate surface area is 192 Å². The molecule has 0 amide bonds. The number of carbonyl (C=O) groups excluding carboxylic acids is 1. The molecule has 0 aromatic heterocycles. The van der Waals surface area contributed by atoms with Crippen molar-refractivity contribution in [2.75, 3.05) is 0 Å². The van der Waals surface area contributed by atoms with Crippen LogP contribution in [0.15, 0.2) is 73.0 Å². The van der Waals surface area contributed by atoms with Gasteiger partial charge in [-0.3, -0.25) is 9.59 Å². The Kier molecular flexibility index (Phi) is 11.3. The van der Waals surface area contributed by atoms with Crippen LogP contribution in [-0.2, 0) is 19.7 Å². The molecule has 4 nitrogen and oxygen atoms in total. The first-order valence-electron chi connectivity index (χ1n) is 11.8. The summed E-state index contributed by atoms with van der Waals surface area (Å²) in [5.74, 6) is -1.64. The molecule has 1 N–H and O–H groups in total. The maximum Gasteiger partial charge on any atom is 0.326 e. The zero-order valence-electron chi connectivity index (χ0n) is 19.2. The van der Waals surface area contributed by atoms with E-state index in [0.717, 1.165) is 12.8 Å². The first kappa shape index (κ1) is 25.4. The quantitative estimate of drug-likeness (QED) is 0.185. The summed E-state index contributed by atoms with van der Waals surface area (Å²) in [5.41, 5.74) is -0.192. The molecule has 0 heterocycles. The van der Waals surface area contributed by atoms with Crippen LogP contribution in [0.2, 0.25) is 0 Å². The van der Waals surface area contributed by atoms with Crippen LogP contribution in [0.5, 0.6) is 0 Å². The van der Waals surface area contributed by atoms with Crippen LogP contribution in [0.25, 0.3) is 0 Å². The lowest BCUT2D eigenvalue weighted by molar-refractivity contribution is -0.149. The molecule has 0 aliphatic carbocycles. The van der Waals surface area contributed by atoms with Gasteiger partial charge in [-0.25, -0.2) is 0 Å². The maximum atomic E-state index is 13.3. The van der Waals surface area contributed by atoms with E-state index in [4.69, 9.17) is 4.74 Å². The SMILES string of the molecule is CCCCCCCCCCC=COC(=O)C(CC(=O)O)(c1ccccc1)c1ccccc1. The van der Waals surface area contributed by atoms with Crippen molar-refractivity contribution in [1.82, 2.24) is 0 Å². The van der Waals surface area contributed by atoms with E-state index in [-0.39, 0.29) is 6.42 Å². The first-order valence-corrected chi connectivity index (χ1v) is 11.8. The number of ether oxygens (including phenoxy) is 1. The second kappa shape index (κ2) is 14.2. The summed E-state index contributed by atoms with van der Waals surface area (Å²) in [5, 5.41) is 9.65. The Hall–Kier alpha value is -2.88. The second-order valence-electron chi connectivity index (χ2n) is 8.25. The van der Waals surface area contributed by atoms with E-state index in [2.05, 4.69) is 6.92 Å². The summed E-state index contributed by atoms with van der Waals surface area (Å²) < 4.78 is 5.51. The summed E-state index contributed by atoms with van der Waals surface area (Å²) in [6.07, 6.45) is 13.7. The maximum absolute atomic E-state index is 13.3. The highest BCUT2D eigenvalue weighted by Crippen LogP contribution is 2.37. The number of rotatable bonds is 15. The predicted octanol–water partition coefficient (Wildman–Crippen LogP) is 7.04. The standard InChI is InChI=1S/C28H36O4/c1-2-3-4-5-6-7-8-9-10-17-22-32-27(31)28(23-26(29)30,24-18-13-11-14-19-24)25-20-15-12-16-21-25/h11-22H,2-10,23H2,1H3,(H,29,30). The van der Waals surface area contributed by atoms with Gasteiger partial charge in [0.1, 0.15) is 5.41 Å². The minimum Gasteiger partial charge on any atom is -0.481 e. The van der Waals surface area contributed by atoms with Gasteiger partial charge in [0.25, 0.3) is 0 Å². The lowest BCUT2D eigenvalue weighted by Gasteiger charge is -2.30. The zero-order valence-corrected chi connectivity index (χ0v) is 19.2. The van der Waals surface area contributed by atoms with Crippen LogP contribution in [-0.4, -0.2) is 17.0 Å². The summed E-state index contributed by atoms with van der Waals surface area (Å²) >= 11 is 0. The van der Waals surface area contributed by atoms with Gasteiger partial charge in [0.15, 0.2) is 0 Å². The van der Waals surface area contributed by atoms with E-state index in [1.54, 1.807) is 48.5 Å². The molecule has 0 bridgehead atoms. The predicted molar refractivity (Wildman–Crippen MR) is 128 cm³/mol. The molecule has 0 atom stereocenters. The first-order chi connectivity index (χ1) is 15.6. The number of benzene rings is 2. The van der Waals surface area contributed by atoms with Gasteiger partial charge in [-0.1, -0.05) is 113 Å². The molecule has 0 saturated heterocycles. The summed E-state index contributed by atoms with van der Waals surface area (Å²) in [7, 11) is 0. The minimum absolute atomic E-state index is 0.383.